The normalized spacial score (nSPS) is 10.6. The predicted molar refractivity (Wildman–Crippen MR) is 100 cm³/mol. The largest absolute Gasteiger partial charge is 0.338 e. The summed E-state index contributed by atoms with van der Waals surface area (Å²) in [4.78, 5) is 18.8. The molecule has 0 fully saturated rings. The van der Waals surface area contributed by atoms with Gasteiger partial charge in [-0.15, -0.1) is 5.10 Å². The second-order valence-electron chi connectivity index (χ2n) is 5.51. The number of nitrogens with one attached hydrogen (secondary N) is 1. The van der Waals surface area contributed by atoms with E-state index in [1.165, 1.54) is 11.8 Å². The molecule has 0 atom stereocenters. The molecule has 1 aromatic heterocycles. The van der Waals surface area contributed by atoms with Crippen molar-refractivity contribution in [3.8, 4) is 11.4 Å². The van der Waals surface area contributed by atoms with Crippen LogP contribution in [0.15, 0.2) is 65.8 Å². The van der Waals surface area contributed by atoms with Crippen LogP contribution >= 0.6 is 11.8 Å². The third-order valence-corrected chi connectivity index (χ3v) is 4.62. The molecule has 25 heavy (non-hydrogen) atoms. The molecule has 128 valence electrons. The van der Waals surface area contributed by atoms with Crippen LogP contribution in [-0.2, 0) is 11.3 Å². The van der Waals surface area contributed by atoms with Crippen LogP contribution in [0.1, 0.15) is 12.5 Å². The van der Waals surface area contributed by atoms with Gasteiger partial charge < -0.3 is 4.90 Å². The Balaban J connectivity index is 1.57. The fourth-order valence-electron chi connectivity index (χ4n) is 2.43. The lowest BCUT2D eigenvalue weighted by molar-refractivity contribution is -0.128. The van der Waals surface area contributed by atoms with E-state index >= 15 is 0 Å². The van der Waals surface area contributed by atoms with Gasteiger partial charge in [-0.2, -0.15) is 0 Å². The number of benzene rings is 2. The van der Waals surface area contributed by atoms with Gasteiger partial charge in [-0.1, -0.05) is 72.4 Å². The zero-order valence-corrected chi connectivity index (χ0v) is 14.9. The molecule has 0 aliphatic carbocycles. The van der Waals surface area contributed by atoms with Crippen LogP contribution in [0.3, 0.4) is 0 Å². The highest BCUT2D eigenvalue weighted by atomic mass is 32.2. The molecular weight excluding hydrogens is 332 g/mol. The first-order valence-corrected chi connectivity index (χ1v) is 9.17. The van der Waals surface area contributed by atoms with Crippen molar-refractivity contribution < 1.29 is 4.79 Å². The van der Waals surface area contributed by atoms with E-state index in [-0.39, 0.29) is 5.91 Å². The maximum absolute atomic E-state index is 12.5. The van der Waals surface area contributed by atoms with Crippen LogP contribution < -0.4 is 0 Å². The number of nitrogens with zero attached hydrogens (tertiary/aromatic N) is 3. The number of thioether (sulfide) groups is 1. The van der Waals surface area contributed by atoms with Crippen molar-refractivity contribution in [3.05, 3.63) is 66.2 Å². The van der Waals surface area contributed by atoms with Crippen molar-refractivity contribution in [3.63, 3.8) is 0 Å². The molecule has 1 N–H and O–H groups in total. The lowest BCUT2D eigenvalue weighted by Gasteiger charge is -2.20. The number of hydrogen-bond donors (Lipinski definition) is 1. The van der Waals surface area contributed by atoms with Gasteiger partial charge in [-0.05, 0) is 12.5 Å². The fraction of sp³-hybridized carbons (Fsp3) is 0.211. The number of aromatic nitrogens is 3. The SMILES string of the molecule is CCN(Cc1ccccc1)C(=O)CSc1n[nH]c(-c2ccccc2)n1. The average molecular weight is 352 g/mol. The number of amides is 1. The zero-order valence-electron chi connectivity index (χ0n) is 14.1. The third-order valence-electron chi connectivity index (χ3n) is 3.79. The Bertz CT molecular complexity index is 805. The summed E-state index contributed by atoms with van der Waals surface area (Å²) < 4.78 is 0. The van der Waals surface area contributed by atoms with E-state index < -0.39 is 0 Å². The van der Waals surface area contributed by atoms with Crippen molar-refractivity contribution in [2.24, 2.45) is 0 Å². The molecule has 0 radical (unpaired) electrons. The van der Waals surface area contributed by atoms with Gasteiger partial charge in [-0.25, -0.2) is 4.98 Å². The van der Waals surface area contributed by atoms with Crippen molar-refractivity contribution in [1.82, 2.24) is 20.1 Å². The molecule has 1 heterocycles. The van der Waals surface area contributed by atoms with Gasteiger partial charge in [0.1, 0.15) is 0 Å². The molecule has 0 unspecified atom stereocenters. The molecule has 0 saturated heterocycles. The molecule has 0 spiro atoms. The molecule has 3 rings (SSSR count). The Kier molecular flexibility index (Phi) is 5.85. The third kappa shape index (κ3) is 4.70. The van der Waals surface area contributed by atoms with Crippen LogP contribution in [0.2, 0.25) is 0 Å². The summed E-state index contributed by atoms with van der Waals surface area (Å²) >= 11 is 1.35. The summed E-state index contributed by atoms with van der Waals surface area (Å²) in [6.07, 6.45) is 0. The lowest BCUT2D eigenvalue weighted by atomic mass is 10.2. The van der Waals surface area contributed by atoms with E-state index in [0.29, 0.717) is 29.8 Å². The molecular formula is C19H20N4OS. The Labute approximate surface area is 151 Å². The van der Waals surface area contributed by atoms with E-state index in [1.807, 2.05) is 72.5 Å². The molecule has 0 aliphatic rings. The second kappa shape index (κ2) is 8.48. The lowest BCUT2D eigenvalue weighted by Crippen LogP contribution is -2.31. The summed E-state index contributed by atoms with van der Waals surface area (Å²) in [5, 5.41) is 7.70. The Morgan fingerprint density at radius 3 is 2.44 bits per heavy atom. The number of aromatic amines is 1. The summed E-state index contributed by atoms with van der Waals surface area (Å²) in [5.41, 5.74) is 2.11. The number of carbonyl (C=O) groups is 1. The smallest absolute Gasteiger partial charge is 0.233 e. The van der Waals surface area contributed by atoms with Gasteiger partial charge in [0, 0.05) is 18.7 Å². The number of H-pyrrole nitrogens is 1. The van der Waals surface area contributed by atoms with Gasteiger partial charge in [0.15, 0.2) is 5.82 Å². The number of hydrogen-bond acceptors (Lipinski definition) is 4. The summed E-state index contributed by atoms with van der Waals surface area (Å²) in [6.45, 7) is 3.29. The quantitative estimate of drug-likeness (QED) is 0.660. The van der Waals surface area contributed by atoms with Crippen molar-refractivity contribution in [2.75, 3.05) is 12.3 Å². The van der Waals surface area contributed by atoms with Gasteiger partial charge >= 0.3 is 0 Å². The van der Waals surface area contributed by atoms with Crippen LogP contribution in [0.4, 0.5) is 0 Å². The first-order valence-electron chi connectivity index (χ1n) is 8.18. The number of rotatable bonds is 7. The van der Waals surface area contributed by atoms with Gasteiger partial charge in [-0.3, -0.25) is 9.89 Å². The molecule has 0 saturated carbocycles. The molecule has 5 nitrogen and oxygen atoms in total. The molecule has 0 aliphatic heterocycles. The Hall–Kier alpha value is -2.60. The van der Waals surface area contributed by atoms with Crippen LogP contribution in [-0.4, -0.2) is 38.3 Å². The topological polar surface area (TPSA) is 61.9 Å². The molecule has 6 heteroatoms. The molecule has 0 bridgehead atoms. The summed E-state index contributed by atoms with van der Waals surface area (Å²) in [6, 6.07) is 19.8. The predicted octanol–water partition coefficient (Wildman–Crippen LogP) is 3.61. The molecule has 1 amide bonds. The van der Waals surface area contributed by atoms with E-state index in [9.17, 15) is 4.79 Å². The standard InChI is InChI=1S/C19H20N4OS/c1-2-23(13-15-9-5-3-6-10-15)17(24)14-25-19-20-18(21-22-19)16-11-7-4-8-12-16/h3-12H,2,13-14H2,1H3,(H,20,21,22). The van der Waals surface area contributed by atoms with Crippen LogP contribution in [0, 0.1) is 0 Å². The van der Waals surface area contributed by atoms with Crippen molar-refractivity contribution in [1.29, 1.82) is 0 Å². The zero-order chi connectivity index (χ0) is 17.5. The van der Waals surface area contributed by atoms with Gasteiger partial charge in [0.2, 0.25) is 11.1 Å². The summed E-state index contributed by atoms with van der Waals surface area (Å²) in [7, 11) is 0. The number of carbonyl (C=O) groups excluding carboxylic acids is 1. The fourth-order valence-corrected chi connectivity index (χ4v) is 3.13. The first-order chi connectivity index (χ1) is 12.3. The van der Waals surface area contributed by atoms with E-state index in [4.69, 9.17) is 0 Å². The monoisotopic (exact) mass is 352 g/mol. The maximum Gasteiger partial charge on any atom is 0.233 e. The Morgan fingerprint density at radius 2 is 1.76 bits per heavy atom. The van der Waals surface area contributed by atoms with Gasteiger partial charge in [0.05, 0.1) is 5.75 Å². The van der Waals surface area contributed by atoms with Crippen molar-refractivity contribution >= 4 is 17.7 Å². The minimum atomic E-state index is 0.0856. The highest BCUT2D eigenvalue weighted by Gasteiger charge is 2.14. The summed E-state index contributed by atoms with van der Waals surface area (Å²) in [5.74, 6) is 1.13. The van der Waals surface area contributed by atoms with Crippen LogP contribution in [0.25, 0.3) is 11.4 Å². The Morgan fingerprint density at radius 1 is 1.08 bits per heavy atom. The first kappa shape index (κ1) is 17.2. The van der Waals surface area contributed by atoms with Gasteiger partial charge in [0.25, 0.3) is 0 Å². The maximum atomic E-state index is 12.5. The minimum absolute atomic E-state index is 0.0856. The highest BCUT2D eigenvalue weighted by Crippen LogP contribution is 2.19. The van der Waals surface area contributed by atoms with Crippen molar-refractivity contribution in [2.45, 2.75) is 18.6 Å². The van der Waals surface area contributed by atoms with E-state index in [2.05, 4.69) is 15.2 Å². The molecule has 2 aromatic carbocycles. The van der Waals surface area contributed by atoms with E-state index in [0.717, 1.165) is 11.1 Å². The highest BCUT2D eigenvalue weighted by molar-refractivity contribution is 7.99. The molecule has 3 aromatic rings. The minimum Gasteiger partial charge on any atom is -0.338 e. The van der Waals surface area contributed by atoms with Crippen LogP contribution in [0.5, 0.6) is 0 Å². The van der Waals surface area contributed by atoms with E-state index in [1.54, 1.807) is 0 Å². The average Bonchev–Trinajstić information content (AvgIpc) is 3.15. The second-order valence-corrected chi connectivity index (χ2v) is 6.46.